The first-order chi connectivity index (χ1) is 59.0. The smallest absolute Gasteiger partial charge is 0.410 e. The van der Waals surface area contributed by atoms with Crippen LogP contribution in [0.5, 0.6) is 23.0 Å². The number of aromatic hydroxyl groups is 1. The number of benzene rings is 4. The molecule has 10 aliphatic heterocycles. The number of phenolic OH excluding ortho intramolecular Hbond substituents is 1. The maximum absolute atomic E-state index is 14.1. The van der Waals surface area contributed by atoms with Crippen molar-refractivity contribution in [1.29, 1.82) is 0 Å². The second-order valence-electron chi connectivity index (χ2n) is 35.6. The number of methoxy groups -OCH3 is 3. The van der Waals surface area contributed by atoms with Crippen molar-refractivity contribution >= 4 is 81.5 Å². The zero-order valence-electron chi connectivity index (χ0n) is 75.1. The van der Waals surface area contributed by atoms with E-state index in [0.717, 1.165) is 204 Å². The Hall–Kier alpha value is -8.00. The Kier molecular flexibility index (Phi) is 35.3. The van der Waals surface area contributed by atoms with Crippen molar-refractivity contribution in [2.45, 2.75) is 234 Å². The number of hydrogen-bond donors (Lipinski definition) is 1. The average molecular weight is 1740 g/mol. The lowest BCUT2D eigenvalue weighted by molar-refractivity contribution is -0.161. The summed E-state index contributed by atoms with van der Waals surface area (Å²) in [5.74, 6) is 1.26. The fraction of sp³-hybridized carbons (Fsp3) is 0.677. The van der Waals surface area contributed by atoms with Gasteiger partial charge in [-0.1, -0.05) is 39.3 Å². The molecular formula is C93H136ClFN8O20. The zero-order valence-corrected chi connectivity index (χ0v) is 75.8. The SMILES string of the molecule is CC1CCc2cc(N3CCN(C(=O)OC(C)(C)C)CC3)c(O)cc2N(CCOC2CCCCO2)C1=O.COc1cc2c(cc1Cl)CCC(C)C(=O)N2CCOC1CCCCO1.COc1cc2c(cc1F)CCC(C)C(=O)N2CCOC1CCCCO1.COc1cc2c(cc1N1CCN(C(=O)OC(C)(C)C)CC1)CCC(C)C(=O)N2CCOC1CCCCO1. The van der Waals surface area contributed by atoms with E-state index in [0.29, 0.717) is 129 Å². The third-order valence-electron chi connectivity index (χ3n) is 24.1. The minimum atomic E-state index is -0.529. The molecule has 6 amide bonds. The van der Waals surface area contributed by atoms with Crippen LogP contribution < -0.4 is 43.6 Å². The molecule has 0 spiro atoms. The minimum absolute atomic E-state index is 0.0249. The van der Waals surface area contributed by atoms with Crippen LogP contribution in [0, 0.1) is 29.5 Å². The number of nitrogens with zero attached hydrogens (tertiary/aromatic N) is 8. The summed E-state index contributed by atoms with van der Waals surface area (Å²) in [6.45, 7) is 30.3. The lowest BCUT2D eigenvalue weighted by atomic mass is 10.0. The second kappa shape index (κ2) is 45.4. The molecule has 0 bridgehead atoms. The van der Waals surface area contributed by atoms with E-state index in [2.05, 4.69) is 15.9 Å². The van der Waals surface area contributed by atoms with Crippen LogP contribution in [-0.2, 0) is 92.2 Å². The second-order valence-corrected chi connectivity index (χ2v) is 36.1. The lowest BCUT2D eigenvalue weighted by Gasteiger charge is -2.37. The first kappa shape index (κ1) is 95.7. The van der Waals surface area contributed by atoms with Crippen LogP contribution in [0.25, 0.3) is 0 Å². The van der Waals surface area contributed by atoms with E-state index in [9.17, 15) is 38.3 Å². The highest BCUT2D eigenvalue weighted by molar-refractivity contribution is 6.32. The number of carbonyl (C=O) groups excluding carboxylic acids is 6. The van der Waals surface area contributed by atoms with Gasteiger partial charge in [-0.2, -0.15) is 0 Å². The Morgan fingerprint density at radius 1 is 0.398 bits per heavy atom. The fourth-order valence-corrected chi connectivity index (χ4v) is 17.3. The summed E-state index contributed by atoms with van der Waals surface area (Å²) < 4.78 is 87.3. The maximum atomic E-state index is 14.1. The van der Waals surface area contributed by atoms with Crippen LogP contribution in [0.4, 0.5) is 48.1 Å². The standard InChI is InChI=1S/C28H43N3O6.C27H41N3O6.C19H26ClNO4.C19H26FNO4/c1-20-9-10-21-18-23(29-11-13-30(14-12-29)27(33)37-28(2,3)4)24(34-5)19-22(21)31(26(20)32)15-17-36-25-8-6-7-16-35-25;1-19-8-9-20-17-22(28-10-12-29(13-11-28)26(33)36-27(2,3)4)23(31)18-21(20)30(25(19)32)14-16-35-24-7-5-6-15-34-24;2*1-13-6-7-14-11-15(20)17(23-2)12-16(14)21(19(13)22)8-10-25-18-5-3-4-9-24-18/h18-20,25H,6-17H2,1-5H3;17-19,24,31H,5-16H2,1-4H3;2*11-13,18H,3-10H2,1-2H3. The predicted molar refractivity (Wildman–Crippen MR) is 470 cm³/mol. The third-order valence-corrected chi connectivity index (χ3v) is 24.4. The highest BCUT2D eigenvalue weighted by Gasteiger charge is 2.38. The van der Waals surface area contributed by atoms with Crippen LogP contribution in [0.1, 0.15) is 194 Å². The van der Waals surface area contributed by atoms with E-state index in [-0.39, 0.29) is 96.1 Å². The number of fused-ring (bicyclic) bond motifs is 4. The van der Waals surface area contributed by atoms with Gasteiger partial charge in [0, 0.05) is 153 Å². The Labute approximate surface area is 732 Å². The van der Waals surface area contributed by atoms with Gasteiger partial charge < -0.3 is 106 Å². The molecule has 4 aromatic rings. The van der Waals surface area contributed by atoms with Crippen LogP contribution in [0.3, 0.4) is 0 Å². The van der Waals surface area contributed by atoms with Crippen molar-refractivity contribution in [3.8, 4) is 23.0 Å². The van der Waals surface area contributed by atoms with Gasteiger partial charge in [0.25, 0.3) is 0 Å². The highest BCUT2D eigenvalue weighted by atomic mass is 35.5. The summed E-state index contributed by atoms with van der Waals surface area (Å²) in [5, 5.41) is 11.6. The van der Waals surface area contributed by atoms with Crippen LogP contribution >= 0.6 is 11.6 Å². The molecule has 123 heavy (non-hydrogen) atoms. The van der Waals surface area contributed by atoms with E-state index in [1.807, 2.05) is 103 Å². The Morgan fingerprint density at radius 2 is 0.699 bits per heavy atom. The fourth-order valence-electron chi connectivity index (χ4n) is 17.0. The van der Waals surface area contributed by atoms with Gasteiger partial charge >= 0.3 is 12.2 Å². The number of halogens is 2. The molecule has 30 heteroatoms. The lowest BCUT2D eigenvalue weighted by Crippen LogP contribution is -2.50. The summed E-state index contributed by atoms with van der Waals surface area (Å²) in [7, 11) is 4.68. The highest BCUT2D eigenvalue weighted by Crippen LogP contribution is 2.44. The van der Waals surface area contributed by atoms with E-state index >= 15 is 0 Å². The number of piperazine rings is 2. The number of phenols is 1. The summed E-state index contributed by atoms with van der Waals surface area (Å²) in [5.41, 5.74) is 8.06. The van der Waals surface area contributed by atoms with Gasteiger partial charge in [-0.05, 0) is 216 Å². The summed E-state index contributed by atoms with van der Waals surface area (Å²) in [6, 6.07) is 14.8. The van der Waals surface area contributed by atoms with Gasteiger partial charge in [-0.25, -0.2) is 14.0 Å². The van der Waals surface area contributed by atoms with Gasteiger partial charge in [0.2, 0.25) is 23.6 Å². The molecule has 0 aromatic heterocycles. The molecule has 1 N–H and O–H groups in total. The molecule has 0 radical (unpaired) electrons. The molecule has 4 aromatic carbocycles. The van der Waals surface area contributed by atoms with Crippen LogP contribution in [0.15, 0.2) is 48.5 Å². The first-order valence-corrected chi connectivity index (χ1v) is 45.3. The molecule has 0 aliphatic carbocycles. The van der Waals surface area contributed by atoms with Crippen LogP contribution in [0.2, 0.25) is 5.02 Å². The molecular weight excluding hydrogens is 1600 g/mol. The monoisotopic (exact) mass is 1740 g/mol. The van der Waals surface area contributed by atoms with Crippen molar-refractivity contribution < 1.29 is 99.8 Å². The van der Waals surface area contributed by atoms with Crippen molar-refractivity contribution in [2.75, 3.05) is 182 Å². The molecule has 8 atom stereocenters. The van der Waals surface area contributed by atoms with Crippen molar-refractivity contribution in [1.82, 2.24) is 9.80 Å². The molecule has 6 saturated heterocycles. The van der Waals surface area contributed by atoms with Gasteiger partial charge in [0.15, 0.2) is 36.7 Å². The largest absolute Gasteiger partial charge is 0.506 e. The van der Waals surface area contributed by atoms with Gasteiger partial charge in [-0.3, -0.25) is 19.2 Å². The maximum Gasteiger partial charge on any atom is 0.410 e. The molecule has 0 saturated carbocycles. The molecule has 28 nitrogen and oxygen atoms in total. The minimum Gasteiger partial charge on any atom is -0.506 e. The van der Waals surface area contributed by atoms with Crippen molar-refractivity contribution in [2.24, 2.45) is 23.7 Å². The van der Waals surface area contributed by atoms with E-state index in [1.54, 1.807) is 46.0 Å². The van der Waals surface area contributed by atoms with Crippen molar-refractivity contribution in [3.63, 3.8) is 0 Å². The number of anilines is 6. The molecule has 6 fully saturated rings. The molecule has 10 aliphatic rings. The normalized spacial score (nSPS) is 23.5. The zero-order chi connectivity index (χ0) is 88.1. The van der Waals surface area contributed by atoms with Gasteiger partial charge in [0.05, 0.1) is 86.9 Å². The molecule has 8 unspecified atom stereocenters. The van der Waals surface area contributed by atoms with Crippen molar-refractivity contribution in [3.05, 3.63) is 81.6 Å². The van der Waals surface area contributed by atoms with Crippen LogP contribution in [-0.4, -0.2) is 240 Å². The number of amides is 6. The predicted octanol–water partition coefficient (Wildman–Crippen LogP) is 15.2. The van der Waals surface area contributed by atoms with Gasteiger partial charge in [0.1, 0.15) is 28.5 Å². The van der Waals surface area contributed by atoms with E-state index in [1.165, 1.54) is 13.2 Å². The Balaban J connectivity index is 0.000000162. The molecule has 10 heterocycles. The van der Waals surface area contributed by atoms with E-state index in [4.69, 9.17) is 73.2 Å². The summed E-state index contributed by atoms with van der Waals surface area (Å²) >= 11 is 6.27. The number of aryl methyl sites for hydroxylation is 4. The first-order valence-electron chi connectivity index (χ1n) is 44.9. The Bertz CT molecular complexity index is 4040. The van der Waals surface area contributed by atoms with E-state index < -0.39 is 17.0 Å². The third kappa shape index (κ3) is 26.6. The van der Waals surface area contributed by atoms with Gasteiger partial charge in [-0.15, -0.1) is 0 Å². The number of hydrogen-bond acceptors (Lipinski definition) is 22. The average Bonchev–Trinajstić information content (AvgIpc) is 1.79. The summed E-state index contributed by atoms with van der Waals surface area (Å²) in [4.78, 5) is 92.0. The molecule has 14 rings (SSSR count). The summed E-state index contributed by atoms with van der Waals surface area (Å²) in [6.07, 6.45) is 17.2. The number of ether oxygens (including phenoxy) is 13. The number of rotatable bonds is 21. The Morgan fingerprint density at radius 3 is 1.02 bits per heavy atom. The molecule has 682 valence electrons. The topological polar surface area (TPSA) is 269 Å². The number of carbonyl (C=O) groups is 6. The quantitative estimate of drug-likeness (QED) is 0.0812.